The van der Waals surface area contributed by atoms with Crippen molar-refractivity contribution in [2.24, 2.45) is 0 Å². The van der Waals surface area contributed by atoms with Crippen molar-refractivity contribution in [2.75, 3.05) is 53.6 Å². The Morgan fingerprint density at radius 1 is 0.525 bits per heavy atom. The van der Waals surface area contributed by atoms with Crippen molar-refractivity contribution in [3.8, 4) is 0 Å². The Morgan fingerprint density at radius 2 is 0.875 bits per heavy atom. The van der Waals surface area contributed by atoms with E-state index in [1.54, 1.807) is 0 Å². The lowest BCUT2D eigenvalue weighted by atomic mass is 10.1. The number of ether oxygens (including phenoxy) is 2. The number of hydrogen-bond acceptors (Lipinski definition) is 3. The average molecular weight is 592 g/mol. The fraction of sp³-hybridized carbons (Fsp3) is 1.00. The Hall–Kier alpha value is 0.130. The van der Waals surface area contributed by atoms with Crippen molar-refractivity contribution < 1.29 is 31.5 Å². The van der Waals surface area contributed by atoms with Gasteiger partial charge in [0.25, 0.3) is 0 Å². The number of aliphatic hydroxyl groups excluding tert-OH is 1. The molecule has 0 aliphatic rings. The monoisotopic (exact) mass is 592 g/mol. The van der Waals surface area contributed by atoms with E-state index in [1.165, 1.54) is 141 Å². The zero-order chi connectivity index (χ0) is 28.7. The van der Waals surface area contributed by atoms with Gasteiger partial charge >= 0.3 is 0 Å². The second-order valence-corrected chi connectivity index (χ2v) is 12.9. The van der Waals surface area contributed by atoms with Crippen LogP contribution in [0.25, 0.3) is 0 Å². The Morgan fingerprint density at radius 3 is 1.25 bits per heavy atom. The van der Waals surface area contributed by atoms with Gasteiger partial charge < -0.3 is 31.5 Å². The normalized spacial score (nSPS) is 12.5. The van der Waals surface area contributed by atoms with Gasteiger partial charge in [-0.05, 0) is 12.8 Å². The summed E-state index contributed by atoms with van der Waals surface area (Å²) in [7, 11) is 4.36. The number of unbranched alkanes of at least 4 members (excludes halogenated alkanes) is 22. The van der Waals surface area contributed by atoms with Crippen LogP contribution >= 0.6 is 0 Å². The number of hydrogen-bond donors (Lipinski definition) is 1. The molecule has 1 unspecified atom stereocenters. The molecule has 0 aliphatic heterocycles. The summed E-state index contributed by atoms with van der Waals surface area (Å²) in [5.74, 6) is 0. The summed E-state index contributed by atoms with van der Waals surface area (Å²) < 4.78 is 13.2. The van der Waals surface area contributed by atoms with Gasteiger partial charge in [-0.1, -0.05) is 155 Å². The number of aliphatic hydroxyl groups is 1. The number of rotatable bonds is 33. The van der Waals surface area contributed by atoms with Gasteiger partial charge in [0.15, 0.2) is 0 Å². The lowest BCUT2D eigenvalue weighted by Gasteiger charge is -2.32. The fourth-order valence-electron chi connectivity index (χ4n) is 5.52. The molecule has 0 spiro atoms. The van der Waals surface area contributed by atoms with E-state index in [0.717, 1.165) is 43.6 Å². The van der Waals surface area contributed by atoms with Crippen LogP contribution < -0.4 is 12.4 Å². The highest BCUT2D eigenvalue weighted by Gasteiger charge is 2.22. The van der Waals surface area contributed by atoms with Crippen molar-refractivity contribution in [3.05, 3.63) is 0 Å². The molecule has 40 heavy (non-hydrogen) atoms. The van der Waals surface area contributed by atoms with E-state index in [9.17, 15) is 5.11 Å². The molecule has 1 atom stereocenters. The maximum absolute atomic E-state index is 9.43. The topological polar surface area (TPSA) is 38.7 Å². The van der Waals surface area contributed by atoms with Gasteiger partial charge in [0.1, 0.15) is 19.2 Å². The quantitative estimate of drug-likeness (QED) is 0.0669. The molecule has 0 heterocycles. The lowest BCUT2D eigenvalue weighted by Crippen LogP contribution is -3.00. The van der Waals surface area contributed by atoms with Crippen LogP contribution in [0.4, 0.5) is 0 Å². The first-order valence-electron chi connectivity index (χ1n) is 17.7. The molecule has 0 aromatic heterocycles. The summed E-state index contributed by atoms with van der Waals surface area (Å²) in [5.41, 5.74) is 0. The number of quaternary nitrogens is 1. The molecule has 0 radical (unpaired) electrons. The zero-order valence-corrected chi connectivity index (χ0v) is 28.6. The second-order valence-electron chi connectivity index (χ2n) is 12.9. The molecule has 244 valence electrons. The predicted molar refractivity (Wildman–Crippen MR) is 172 cm³/mol. The molecule has 0 amide bonds. The van der Waals surface area contributed by atoms with E-state index >= 15 is 0 Å². The first-order valence-corrected chi connectivity index (χ1v) is 17.7. The smallest absolute Gasteiger partial charge is 0.130 e. The van der Waals surface area contributed by atoms with Crippen molar-refractivity contribution >= 4 is 0 Å². The van der Waals surface area contributed by atoms with Crippen LogP contribution in [-0.4, -0.2) is 69.3 Å². The number of nitrogens with zero attached hydrogens (tertiary/aromatic N) is 1. The minimum absolute atomic E-state index is 0. The molecule has 0 aliphatic carbocycles. The standard InChI is InChI=1S/C35H74NO3.ClH/c1-5-7-9-11-13-15-17-19-21-23-25-27-31-38-34-35(33-36(3,4)29-30-37)39-32-28-26-24-22-20-18-16-14-12-10-8-6-2;/h35,37H,5-34H2,1-4H3;1H/q+1;/p-1. The van der Waals surface area contributed by atoms with E-state index in [-0.39, 0.29) is 25.1 Å². The molecule has 0 bridgehead atoms. The zero-order valence-electron chi connectivity index (χ0n) is 27.9. The summed E-state index contributed by atoms with van der Waals surface area (Å²) in [6, 6.07) is 0. The molecule has 5 heteroatoms. The maximum Gasteiger partial charge on any atom is 0.130 e. The third kappa shape index (κ3) is 32.6. The van der Waals surface area contributed by atoms with Crippen molar-refractivity contribution in [1.29, 1.82) is 0 Å². The van der Waals surface area contributed by atoms with Crippen molar-refractivity contribution in [1.82, 2.24) is 0 Å². The van der Waals surface area contributed by atoms with E-state index in [2.05, 4.69) is 27.9 Å². The van der Waals surface area contributed by atoms with Crippen LogP contribution in [0.1, 0.15) is 168 Å². The Bertz CT molecular complexity index is 464. The van der Waals surface area contributed by atoms with E-state index in [0.29, 0.717) is 6.61 Å². The molecule has 1 N–H and O–H groups in total. The first-order chi connectivity index (χ1) is 19.1. The van der Waals surface area contributed by atoms with Gasteiger partial charge in [0.2, 0.25) is 0 Å². The lowest BCUT2D eigenvalue weighted by molar-refractivity contribution is -0.893. The summed E-state index contributed by atoms with van der Waals surface area (Å²) in [4.78, 5) is 0. The molecule has 0 saturated heterocycles. The van der Waals surface area contributed by atoms with Crippen LogP contribution in [0.2, 0.25) is 0 Å². The highest BCUT2D eigenvalue weighted by molar-refractivity contribution is 4.58. The fourth-order valence-corrected chi connectivity index (χ4v) is 5.52. The maximum atomic E-state index is 9.43. The summed E-state index contributed by atoms with van der Waals surface area (Å²) in [6.45, 7) is 8.83. The first kappa shape index (κ1) is 42.3. The van der Waals surface area contributed by atoms with Crippen LogP contribution in [0.5, 0.6) is 0 Å². The van der Waals surface area contributed by atoms with Gasteiger partial charge in [-0.15, -0.1) is 0 Å². The molecule has 0 fully saturated rings. The summed E-state index contributed by atoms with van der Waals surface area (Å²) in [5, 5.41) is 9.43. The van der Waals surface area contributed by atoms with Gasteiger partial charge in [0, 0.05) is 13.2 Å². The van der Waals surface area contributed by atoms with Gasteiger partial charge in [-0.25, -0.2) is 0 Å². The molecule has 0 aromatic carbocycles. The molecule has 0 rings (SSSR count). The average Bonchev–Trinajstić information content (AvgIpc) is 2.91. The Balaban J connectivity index is 0. The molecule has 0 aromatic rings. The minimum Gasteiger partial charge on any atom is -1.00 e. The molecule has 4 nitrogen and oxygen atoms in total. The summed E-state index contributed by atoms with van der Waals surface area (Å²) >= 11 is 0. The Kier molecular flexibility index (Phi) is 35.5. The van der Waals surface area contributed by atoms with Crippen molar-refractivity contribution in [2.45, 2.75) is 174 Å². The highest BCUT2D eigenvalue weighted by atomic mass is 35.5. The number of likely N-dealkylation sites (N-methyl/N-ethyl adjacent to an activating group) is 1. The van der Waals surface area contributed by atoms with Gasteiger partial charge in [-0.3, -0.25) is 0 Å². The van der Waals surface area contributed by atoms with E-state index in [1.807, 2.05) is 0 Å². The second kappa shape index (κ2) is 33.6. The van der Waals surface area contributed by atoms with Crippen LogP contribution in [0, 0.1) is 0 Å². The van der Waals surface area contributed by atoms with E-state index in [4.69, 9.17) is 9.47 Å². The molecular weight excluding hydrogens is 518 g/mol. The minimum atomic E-state index is 0. The van der Waals surface area contributed by atoms with Crippen LogP contribution in [0.15, 0.2) is 0 Å². The van der Waals surface area contributed by atoms with Gasteiger partial charge in [0.05, 0.1) is 27.3 Å². The number of halogens is 1. The van der Waals surface area contributed by atoms with Crippen LogP contribution in [0.3, 0.4) is 0 Å². The van der Waals surface area contributed by atoms with Crippen LogP contribution in [-0.2, 0) is 9.47 Å². The Labute approximate surface area is 258 Å². The third-order valence-electron chi connectivity index (χ3n) is 8.20. The highest BCUT2D eigenvalue weighted by Crippen LogP contribution is 2.14. The van der Waals surface area contributed by atoms with E-state index < -0.39 is 0 Å². The van der Waals surface area contributed by atoms with Gasteiger partial charge in [-0.2, -0.15) is 0 Å². The largest absolute Gasteiger partial charge is 1.00 e. The molecule has 0 saturated carbocycles. The third-order valence-corrected chi connectivity index (χ3v) is 8.20. The molecular formula is C35H74ClNO3. The summed E-state index contributed by atoms with van der Waals surface area (Å²) in [6.07, 6.45) is 33.0. The predicted octanol–water partition coefficient (Wildman–Crippen LogP) is 6.86. The SMILES string of the molecule is CCCCCCCCCCCCCCOCC(C[N+](C)(C)CCO)OCCCCCCCCCCCCCC.[Cl-]. The van der Waals surface area contributed by atoms with Crippen molar-refractivity contribution in [3.63, 3.8) is 0 Å².